The van der Waals surface area contributed by atoms with Gasteiger partial charge in [-0.3, -0.25) is 4.79 Å². The van der Waals surface area contributed by atoms with Crippen LogP contribution in [0.2, 0.25) is 0 Å². The molecule has 0 aliphatic carbocycles. The van der Waals surface area contributed by atoms with E-state index in [-0.39, 0.29) is 5.91 Å². The van der Waals surface area contributed by atoms with Crippen LogP contribution in [-0.2, 0) is 4.79 Å². The zero-order valence-electron chi connectivity index (χ0n) is 10.8. The number of rotatable bonds is 4. The minimum atomic E-state index is -0.666. The number of benzene rings is 1. The van der Waals surface area contributed by atoms with Crippen LogP contribution in [0.15, 0.2) is 36.7 Å². The summed E-state index contributed by atoms with van der Waals surface area (Å²) < 4.78 is 13.3. The largest absolute Gasteiger partial charge is 0.323 e. The molecule has 1 heterocycles. The summed E-state index contributed by atoms with van der Waals surface area (Å²) in [6.07, 6.45) is 3.10. The molecule has 1 atom stereocenters. The number of aromatic nitrogens is 2. The van der Waals surface area contributed by atoms with Gasteiger partial charge in [0.15, 0.2) is 0 Å². The maximum Gasteiger partial charge on any atom is 0.241 e. The molecule has 7 heteroatoms. The van der Waals surface area contributed by atoms with Crippen LogP contribution in [0.5, 0.6) is 0 Å². The third kappa shape index (κ3) is 3.48. The van der Waals surface area contributed by atoms with Crippen molar-refractivity contribution in [3.05, 3.63) is 42.5 Å². The lowest BCUT2D eigenvalue weighted by atomic mass is 10.2. The van der Waals surface area contributed by atoms with E-state index < -0.39 is 11.9 Å². The maximum atomic E-state index is 13.3. The molecule has 0 spiro atoms. The van der Waals surface area contributed by atoms with E-state index in [9.17, 15) is 9.18 Å². The first-order valence-electron chi connectivity index (χ1n) is 5.96. The number of halogens is 1. The van der Waals surface area contributed by atoms with Gasteiger partial charge in [0.1, 0.15) is 5.82 Å². The molecule has 0 saturated heterocycles. The SMILES string of the molecule is CC(N)C(=O)Nc1ccc(F)cc1Nc1ncccn1. The van der Waals surface area contributed by atoms with Crippen molar-refractivity contribution in [1.29, 1.82) is 0 Å². The molecule has 20 heavy (non-hydrogen) atoms. The van der Waals surface area contributed by atoms with Gasteiger partial charge in [-0.15, -0.1) is 0 Å². The van der Waals surface area contributed by atoms with Crippen LogP contribution in [0.1, 0.15) is 6.92 Å². The van der Waals surface area contributed by atoms with Gasteiger partial charge in [0.25, 0.3) is 0 Å². The molecule has 6 nitrogen and oxygen atoms in total. The molecule has 0 aliphatic heterocycles. The minimum absolute atomic E-state index is 0.300. The molecule has 1 amide bonds. The Kier molecular flexibility index (Phi) is 4.21. The van der Waals surface area contributed by atoms with Crippen LogP contribution in [-0.4, -0.2) is 21.9 Å². The molecule has 0 saturated carbocycles. The van der Waals surface area contributed by atoms with Gasteiger partial charge in [0.05, 0.1) is 17.4 Å². The number of nitrogens with one attached hydrogen (secondary N) is 2. The highest BCUT2D eigenvalue weighted by molar-refractivity contribution is 5.97. The van der Waals surface area contributed by atoms with Crippen LogP contribution in [0, 0.1) is 5.82 Å². The summed E-state index contributed by atoms with van der Waals surface area (Å²) in [4.78, 5) is 19.6. The van der Waals surface area contributed by atoms with Gasteiger partial charge < -0.3 is 16.4 Å². The van der Waals surface area contributed by atoms with E-state index in [4.69, 9.17) is 5.73 Å². The number of carbonyl (C=O) groups is 1. The summed E-state index contributed by atoms with van der Waals surface area (Å²) in [6, 6.07) is 4.93. The van der Waals surface area contributed by atoms with E-state index >= 15 is 0 Å². The highest BCUT2D eigenvalue weighted by Crippen LogP contribution is 2.25. The zero-order chi connectivity index (χ0) is 14.5. The molecule has 0 fully saturated rings. The fraction of sp³-hybridized carbons (Fsp3) is 0.154. The number of nitrogens with two attached hydrogens (primary N) is 1. The van der Waals surface area contributed by atoms with Crippen molar-refractivity contribution in [1.82, 2.24) is 9.97 Å². The van der Waals surface area contributed by atoms with E-state index in [1.54, 1.807) is 25.4 Å². The summed E-state index contributed by atoms with van der Waals surface area (Å²) in [5, 5.41) is 5.45. The van der Waals surface area contributed by atoms with Crippen LogP contribution >= 0.6 is 0 Å². The van der Waals surface area contributed by atoms with E-state index in [0.717, 1.165) is 0 Å². The van der Waals surface area contributed by atoms with Gasteiger partial charge in [-0.25, -0.2) is 14.4 Å². The van der Waals surface area contributed by atoms with Gasteiger partial charge in [-0.05, 0) is 31.2 Å². The highest BCUT2D eigenvalue weighted by Gasteiger charge is 2.12. The van der Waals surface area contributed by atoms with E-state index in [0.29, 0.717) is 17.3 Å². The average Bonchev–Trinajstić information content (AvgIpc) is 2.42. The average molecular weight is 275 g/mol. The second-order valence-electron chi connectivity index (χ2n) is 4.17. The Bertz CT molecular complexity index is 603. The molecule has 0 aliphatic rings. The van der Waals surface area contributed by atoms with E-state index in [2.05, 4.69) is 20.6 Å². The zero-order valence-corrected chi connectivity index (χ0v) is 10.8. The maximum absolute atomic E-state index is 13.3. The van der Waals surface area contributed by atoms with Crippen molar-refractivity contribution in [2.24, 2.45) is 5.73 Å². The number of hydrogen-bond acceptors (Lipinski definition) is 5. The summed E-state index contributed by atoms with van der Waals surface area (Å²) in [5.41, 5.74) is 6.24. The third-order valence-electron chi connectivity index (χ3n) is 2.47. The number of amides is 1. The van der Waals surface area contributed by atoms with Crippen LogP contribution in [0.4, 0.5) is 21.7 Å². The standard InChI is InChI=1S/C13H14FN5O/c1-8(15)12(20)18-10-4-3-9(14)7-11(10)19-13-16-5-2-6-17-13/h2-8H,15H2,1H3,(H,18,20)(H,16,17,19). The molecular formula is C13H14FN5O. The topological polar surface area (TPSA) is 92.9 Å². The molecule has 1 unspecified atom stereocenters. The second kappa shape index (κ2) is 6.07. The van der Waals surface area contributed by atoms with Crippen LogP contribution < -0.4 is 16.4 Å². The highest BCUT2D eigenvalue weighted by atomic mass is 19.1. The molecular weight excluding hydrogens is 261 g/mol. The number of hydrogen-bond donors (Lipinski definition) is 3. The van der Waals surface area contributed by atoms with E-state index in [1.165, 1.54) is 18.2 Å². The third-order valence-corrected chi connectivity index (χ3v) is 2.47. The number of anilines is 3. The lowest BCUT2D eigenvalue weighted by molar-refractivity contribution is -0.117. The first-order chi connectivity index (χ1) is 9.56. The lowest BCUT2D eigenvalue weighted by Crippen LogP contribution is -2.32. The van der Waals surface area contributed by atoms with Crippen molar-refractivity contribution in [2.45, 2.75) is 13.0 Å². The van der Waals surface area contributed by atoms with Crippen LogP contribution in [0.3, 0.4) is 0 Å². The van der Waals surface area contributed by atoms with Crippen molar-refractivity contribution in [3.63, 3.8) is 0 Å². The van der Waals surface area contributed by atoms with Crippen LogP contribution in [0.25, 0.3) is 0 Å². The van der Waals surface area contributed by atoms with Gasteiger partial charge >= 0.3 is 0 Å². The Hall–Kier alpha value is -2.54. The van der Waals surface area contributed by atoms with Gasteiger partial charge in [0, 0.05) is 12.4 Å². The van der Waals surface area contributed by atoms with Crippen molar-refractivity contribution in [2.75, 3.05) is 10.6 Å². The fourth-order valence-corrected chi connectivity index (χ4v) is 1.46. The van der Waals surface area contributed by atoms with Gasteiger partial charge in [-0.2, -0.15) is 0 Å². The number of carbonyl (C=O) groups excluding carboxylic acids is 1. The Morgan fingerprint density at radius 3 is 2.65 bits per heavy atom. The molecule has 2 aromatic rings. The quantitative estimate of drug-likeness (QED) is 0.788. The predicted octanol–water partition coefficient (Wildman–Crippen LogP) is 1.64. The molecule has 2 rings (SSSR count). The first kappa shape index (κ1) is 13.9. The van der Waals surface area contributed by atoms with Crippen molar-refractivity contribution in [3.8, 4) is 0 Å². The van der Waals surface area contributed by atoms with Gasteiger partial charge in [-0.1, -0.05) is 0 Å². The predicted molar refractivity (Wildman–Crippen MR) is 74.0 cm³/mol. The smallest absolute Gasteiger partial charge is 0.241 e. The van der Waals surface area contributed by atoms with Crippen molar-refractivity contribution < 1.29 is 9.18 Å². The monoisotopic (exact) mass is 275 g/mol. The number of nitrogens with zero attached hydrogens (tertiary/aromatic N) is 2. The second-order valence-corrected chi connectivity index (χ2v) is 4.17. The Morgan fingerprint density at radius 1 is 1.30 bits per heavy atom. The molecule has 0 radical (unpaired) electrons. The van der Waals surface area contributed by atoms with Crippen molar-refractivity contribution >= 4 is 23.2 Å². The Labute approximate surface area is 115 Å². The molecule has 1 aromatic heterocycles. The summed E-state index contributed by atoms with van der Waals surface area (Å²) in [7, 11) is 0. The van der Waals surface area contributed by atoms with Gasteiger partial charge in [0.2, 0.25) is 11.9 Å². The summed E-state index contributed by atoms with van der Waals surface area (Å²) >= 11 is 0. The Balaban J connectivity index is 2.26. The minimum Gasteiger partial charge on any atom is -0.323 e. The lowest BCUT2D eigenvalue weighted by Gasteiger charge is -2.13. The molecule has 4 N–H and O–H groups in total. The summed E-state index contributed by atoms with van der Waals surface area (Å²) in [5.74, 6) is -0.509. The first-order valence-corrected chi connectivity index (χ1v) is 5.96. The fourth-order valence-electron chi connectivity index (χ4n) is 1.46. The van der Waals surface area contributed by atoms with E-state index in [1.807, 2.05) is 0 Å². The molecule has 0 bridgehead atoms. The molecule has 1 aromatic carbocycles. The molecule has 104 valence electrons. The summed E-state index contributed by atoms with van der Waals surface area (Å²) in [6.45, 7) is 1.56. The normalized spacial score (nSPS) is 11.8. The Morgan fingerprint density at radius 2 is 2.00 bits per heavy atom.